The fraction of sp³-hybridized carbons (Fsp3) is 0.889. The van der Waals surface area contributed by atoms with Crippen LogP contribution in [-0.2, 0) is 14.3 Å². The minimum Gasteiger partial charge on any atom is -0.463 e. The zero-order valence-corrected chi connectivity index (χ0v) is 7.71. The number of hydrogen-bond donors (Lipinski definition) is 0. The second kappa shape index (κ2) is 4.45. The van der Waals surface area contributed by atoms with E-state index < -0.39 is 0 Å². The Morgan fingerprint density at radius 2 is 2.42 bits per heavy atom. The zero-order chi connectivity index (χ0) is 8.97. The number of carbonyl (C=O) groups is 1. The first-order valence-electron chi connectivity index (χ1n) is 4.53. The highest BCUT2D eigenvalue weighted by atomic mass is 16.6. The first kappa shape index (κ1) is 9.52. The number of carbonyl (C=O) groups excluding carboxylic acids is 1. The Morgan fingerprint density at radius 1 is 1.75 bits per heavy atom. The lowest BCUT2D eigenvalue weighted by molar-refractivity contribution is -0.148. The summed E-state index contributed by atoms with van der Waals surface area (Å²) in [4.78, 5) is 10.8. The molecule has 0 spiro atoms. The van der Waals surface area contributed by atoms with Gasteiger partial charge in [-0.1, -0.05) is 6.92 Å². The standard InChI is InChI=1S/C9H16O3/c1-3-9(10)12-7(2)4-5-8-6-11-8/h7-8H,3-6H2,1-2H3. The maximum absolute atomic E-state index is 10.8. The smallest absolute Gasteiger partial charge is 0.305 e. The van der Waals surface area contributed by atoms with Crippen molar-refractivity contribution in [2.45, 2.75) is 45.3 Å². The zero-order valence-electron chi connectivity index (χ0n) is 7.71. The second-order valence-corrected chi connectivity index (χ2v) is 3.19. The summed E-state index contributed by atoms with van der Waals surface area (Å²) in [6.07, 6.45) is 2.87. The van der Waals surface area contributed by atoms with Crippen molar-refractivity contribution in [1.29, 1.82) is 0 Å². The van der Waals surface area contributed by atoms with E-state index in [0.29, 0.717) is 12.5 Å². The summed E-state index contributed by atoms with van der Waals surface area (Å²) in [5, 5.41) is 0. The van der Waals surface area contributed by atoms with Gasteiger partial charge in [-0.25, -0.2) is 0 Å². The summed E-state index contributed by atoms with van der Waals surface area (Å²) >= 11 is 0. The van der Waals surface area contributed by atoms with Crippen LogP contribution in [-0.4, -0.2) is 24.8 Å². The molecule has 0 bridgehead atoms. The van der Waals surface area contributed by atoms with Crippen molar-refractivity contribution in [2.75, 3.05) is 6.61 Å². The number of esters is 1. The molecular weight excluding hydrogens is 156 g/mol. The van der Waals surface area contributed by atoms with Gasteiger partial charge in [-0.15, -0.1) is 0 Å². The molecule has 0 radical (unpaired) electrons. The first-order valence-corrected chi connectivity index (χ1v) is 4.53. The minimum absolute atomic E-state index is 0.0432. The summed E-state index contributed by atoms with van der Waals surface area (Å²) in [5.41, 5.74) is 0. The van der Waals surface area contributed by atoms with Crippen molar-refractivity contribution in [1.82, 2.24) is 0 Å². The second-order valence-electron chi connectivity index (χ2n) is 3.19. The molecule has 0 aromatic heterocycles. The molecule has 0 aromatic rings. The first-order chi connectivity index (χ1) is 5.72. The molecule has 2 unspecified atom stereocenters. The maximum atomic E-state index is 10.8. The Bertz CT molecular complexity index is 152. The molecular formula is C9H16O3. The molecule has 2 atom stereocenters. The fourth-order valence-electron chi connectivity index (χ4n) is 1.02. The molecule has 1 aliphatic rings. The van der Waals surface area contributed by atoms with Crippen molar-refractivity contribution >= 4 is 5.97 Å². The van der Waals surface area contributed by atoms with Crippen LogP contribution in [0.4, 0.5) is 0 Å². The van der Waals surface area contributed by atoms with E-state index >= 15 is 0 Å². The van der Waals surface area contributed by atoms with Gasteiger partial charge in [0.05, 0.1) is 18.8 Å². The predicted molar refractivity (Wildman–Crippen MR) is 44.8 cm³/mol. The van der Waals surface area contributed by atoms with Crippen LogP contribution < -0.4 is 0 Å². The van der Waals surface area contributed by atoms with Gasteiger partial charge in [-0.05, 0) is 19.8 Å². The van der Waals surface area contributed by atoms with Crippen LogP contribution in [0.3, 0.4) is 0 Å². The third-order valence-corrected chi connectivity index (χ3v) is 1.92. The Kier molecular flexibility index (Phi) is 3.53. The topological polar surface area (TPSA) is 38.8 Å². The Labute approximate surface area is 73.0 Å². The molecule has 70 valence electrons. The monoisotopic (exact) mass is 172 g/mol. The molecule has 0 aromatic carbocycles. The Morgan fingerprint density at radius 3 is 2.92 bits per heavy atom. The Hall–Kier alpha value is -0.570. The normalized spacial score (nSPS) is 23.3. The SMILES string of the molecule is CCC(=O)OC(C)CCC1CO1. The van der Waals surface area contributed by atoms with Crippen molar-refractivity contribution in [2.24, 2.45) is 0 Å². The number of hydrogen-bond acceptors (Lipinski definition) is 3. The molecule has 3 nitrogen and oxygen atoms in total. The average molecular weight is 172 g/mol. The molecule has 1 saturated heterocycles. The summed E-state index contributed by atoms with van der Waals surface area (Å²) in [5.74, 6) is -0.112. The third kappa shape index (κ3) is 3.72. The average Bonchev–Trinajstić information content (AvgIpc) is 2.83. The molecule has 1 rings (SSSR count). The predicted octanol–water partition coefficient (Wildman–Crippen LogP) is 1.51. The lowest BCUT2D eigenvalue weighted by atomic mass is 10.2. The van der Waals surface area contributed by atoms with Gasteiger partial charge >= 0.3 is 5.97 Å². The Balaban J connectivity index is 2.01. The van der Waals surface area contributed by atoms with E-state index in [1.807, 2.05) is 6.92 Å². The van der Waals surface area contributed by atoms with Gasteiger partial charge in [-0.3, -0.25) is 4.79 Å². The van der Waals surface area contributed by atoms with E-state index in [2.05, 4.69) is 0 Å². The highest BCUT2D eigenvalue weighted by molar-refractivity contribution is 5.69. The highest BCUT2D eigenvalue weighted by Gasteiger charge is 2.23. The van der Waals surface area contributed by atoms with Crippen molar-refractivity contribution in [3.8, 4) is 0 Å². The third-order valence-electron chi connectivity index (χ3n) is 1.92. The van der Waals surface area contributed by atoms with Crippen molar-refractivity contribution < 1.29 is 14.3 Å². The molecule has 0 N–H and O–H groups in total. The molecule has 0 aliphatic carbocycles. The van der Waals surface area contributed by atoms with Gasteiger partial charge in [-0.2, -0.15) is 0 Å². The van der Waals surface area contributed by atoms with Crippen LogP contribution in [0.25, 0.3) is 0 Å². The van der Waals surface area contributed by atoms with Gasteiger partial charge in [0.1, 0.15) is 0 Å². The van der Waals surface area contributed by atoms with Crippen LogP contribution in [0.5, 0.6) is 0 Å². The van der Waals surface area contributed by atoms with E-state index in [1.165, 1.54) is 0 Å². The molecule has 1 fully saturated rings. The van der Waals surface area contributed by atoms with Crippen LogP contribution >= 0.6 is 0 Å². The van der Waals surface area contributed by atoms with Gasteiger partial charge < -0.3 is 9.47 Å². The molecule has 1 aliphatic heterocycles. The highest BCUT2D eigenvalue weighted by Crippen LogP contribution is 2.17. The van der Waals surface area contributed by atoms with E-state index in [4.69, 9.17) is 9.47 Å². The van der Waals surface area contributed by atoms with Crippen molar-refractivity contribution in [3.63, 3.8) is 0 Å². The summed E-state index contributed by atoms with van der Waals surface area (Å²) in [6.45, 7) is 4.61. The van der Waals surface area contributed by atoms with Crippen LogP contribution in [0, 0.1) is 0 Å². The van der Waals surface area contributed by atoms with Crippen LogP contribution in [0.15, 0.2) is 0 Å². The van der Waals surface area contributed by atoms with Crippen LogP contribution in [0.2, 0.25) is 0 Å². The summed E-state index contributed by atoms with van der Waals surface area (Å²) in [6, 6.07) is 0. The molecule has 0 saturated carbocycles. The fourth-order valence-corrected chi connectivity index (χ4v) is 1.02. The van der Waals surface area contributed by atoms with E-state index in [0.717, 1.165) is 19.4 Å². The van der Waals surface area contributed by atoms with Gasteiger partial charge in [0.15, 0.2) is 0 Å². The number of rotatable bonds is 5. The van der Waals surface area contributed by atoms with E-state index in [9.17, 15) is 4.79 Å². The van der Waals surface area contributed by atoms with Gasteiger partial charge in [0, 0.05) is 6.42 Å². The largest absolute Gasteiger partial charge is 0.463 e. The maximum Gasteiger partial charge on any atom is 0.305 e. The minimum atomic E-state index is -0.112. The van der Waals surface area contributed by atoms with Crippen molar-refractivity contribution in [3.05, 3.63) is 0 Å². The van der Waals surface area contributed by atoms with E-state index in [-0.39, 0.29) is 12.1 Å². The number of ether oxygens (including phenoxy) is 2. The summed E-state index contributed by atoms with van der Waals surface area (Å²) in [7, 11) is 0. The summed E-state index contributed by atoms with van der Waals surface area (Å²) < 4.78 is 10.1. The molecule has 1 heterocycles. The lowest BCUT2D eigenvalue weighted by Crippen LogP contribution is -2.14. The lowest BCUT2D eigenvalue weighted by Gasteiger charge is -2.11. The van der Waals surface area contributed by atoms with Crippen LogP contribution in [0.1, 0.15) is 33.1 Å². The number of epoxide rings is 1. The molecule has 12 heavy (non-hydrogen) atoms. The van der Waals surface area contributed by atoms with Gasteiger partial charge in [0.2, 0.25) is 0 Å². The molecule has 0 amide bonds. The van der Waals surface area contributed by atoms with Gasteiger partial charge in [0.25, 0.3) is 0 Å². The molecule has 3 heteroatoms. The quantitative estimate of drug-likeness (QED) is 0.466. The van der Waals surface area contributed by atoms with E-state index in [1.54, 1.807) is 6.92 Å².